The molecule has 98 valence electrons. The molecule has 0 fully saturated rings. The van der Waals surface area contributed by atoms with Gasteiger partial charge in [0.15, 0.2) is 0 Å². The molecule has 0 radical (unpaired) electrons. The molecule has 0 amide bonds. The van der Waals surface area contributed by atoms with Gasteiger partial charge in [0.25, 0.3) is 0 Å². The first-order chi connectivity index (χ1) is 8.26. The molecule has 0 spiro atoms. The quantitative estimate of drug-likeness (QED) is 0.474. The number of carbonyl (C=O) groups excluding carboxylic acids is 1. The Morgan fingerprint density at radius 1 is 1.00 bits per heavy atom. The van der Waals surface area contributed by atoms with Crippen molar-refractivity contribution in [2.24, 2.45) is 0 Å². The zero-order valence-corrected chi connectivity index (χ0v) is 8.75. The fourth-order valence-electron chi connectivity index (χ4n) is 1.00. The van der Waals surface area contributed by atoms with Crippen LogP contribution in [-0.4, -0.2) is 18.6 Å². The molecule has 1 aromatic rings. The van der Waals surface area contributed by atoms with Crippen LogP contribution in [0.25, 0.3) is 6.08 Å². The monoisotopic (exact) mass is 266 g/mol. The number of halogens is 5. The van der Waals surface area contributed by atoms with Crippen molar-refractivity contribution in [3.05, 3.63) is 35.9 Å². The Morgan fingerprint density at radius 3 is 2.00 bits per heavy atom. The summed E-state index contributed by atoms with van der Waals surface area (Å²) in [6, 6.07) is 4.37. The summed E-state index contributed by atoms with van der Waals surface area (Å²) < 4.78 is 64.1. The molecule has 0 bridgehead atoms. The van der Waals surface area contributed by atoms with E-state index in [0.717, 1.165) is 18.2 Å². The number of hydrogen-bond donors (Lipinski definition) is 0. The van der Waals surface area contributed by atoms with E-state index in [4.69, 9.17) is 0 Å². The second kappa shape index (κ2) is 5.16. The predicted molar refractivity (Wildman–Crippen MR) is 53.2 cm³/mol. The Kier molecular flexibility index (Phi) is 4.05. The largest absolute Gasteiger partial charge is 0.499 e. The first-order valence-corrected chi connectivity index (χ1v) is 4.62. The van der Waals surface area contributed by atoms with Crippen LogP contribution in [0.1, 0.15) is 5.56 Å². The first kappa shape index (κ1) is 14.1. The number of hydrogen-bond acceptors (Lipinski definition) is 2. The molecule has 0 unspecified atom stereocenters. The van der Waals surface area contributed by atoms with Gasteiger partial charge in [0.2, 0.25) is 0 Å². The van der Waals surface area contributed by atoms with Gasteiger partial charge in [0, 0.05) is 0 Å². The average Bonchev–Trinajstić information content (AvgIpc) is 2.26. The Morgan fingerprint density at radius 2 is 1.56 bits per heavy atom. The maximum atomic E-state index is 12.5. The Bertz CT molecular complexity index is 434. The highest BCUT2D eigenvalue weighted by Gasteiger charge is 2.61. The number of aldehydes is 1. The molecule has 0 aliphatic rings. The highest BCUT2D eigenvalue weighted by atomic mass is 19.4. The number of carbonyl (C=O) groups is 1. The average molecular weight is 266 g/mol. The lowest BCUT2D eigenvalue weighted by Gasteiger charge is -2.20. The molecule has 7 heteroatoms. The lowest BCUT2D eigenvalue weighted by atomic mass is 10.2. The van der Waals surface area contributed by atoms with Crippen LogP contribution in [0, 0.1) is 0 Å². The molecule has 0 saturated heterocycles. The Labute approximate surface area is 98.7 Å². The summed E-state index contributed by atoms with van der Waals surface area (Å²) in [5.74, 6) is -0.624. The predicted octanol–water partition coefficient (Wildman–Crippen LogP) is 3.43. The van der Waals surface area contributed by atoms with Gasteiger partial charge in [0.1, 0.15) is 12.0 Å². The summed E-state index contributed by atoms with van der Waals surface area (Å²) in [4.78, 5) is 10.0. The standard InChI is InChI=1S/C11H7F5O2/c12-10(13,14)11(15,16)18-9-5-3-8(4-6-9)2-1-7-17/h1-7H. The van der Waals surface area contributed by atoms with Crippen molar-refractivity contribution in [2.75, 3.05) is 0 Å². The fourth-order valence-corrected chi connectivity index (χ4v) is 1.00. The van der Waals surface area contributed by atoms with Crippen molar-refractivity contribution < 1.29 is 31.5 Å². The highest BCUT2D eigenvalue weighted by molar-refractivity contribution is 5.73. The molecule has 1 aromatic carbocycles. The summed E-state index contributed by atoms with van der Waals surface area (Å²) in [5.41, 5.74) is 0.463. The first-order valence-electron chi connectivity index (χ1n) is 4.62. The van der Waals surface area contributed by atoms with E-state index >= 15 is 0 Å². The minimum atomic E-state index is -5.77. The van der Waals surface area contributed by atoms with E-state index in [2.05, 4.69) is 4.74 Å². The van der Waals surface area contributed by atoms with Gasteiger partial charge in [-0.3, -0.25) is 4.79 Å². The van der Waals surface area contributed by atoms with Crippen molar-refractivity contribution in [3.8, 4) is 5.75 Å². The topological polar surface area (TPSA) is 26.3 Å². The molecule has 0 saturated carbocycles. The van der Waals surface area contributed by atoms with Crippen molar-refractivity contribution in [1.29, 1.82) is 0 Å². The number of ether oxygens (including phenoxy) is 1. The normalized spacial score (nSPS) is 12.7. The van der Waals surface area contributed by atoms with E-state index in [1.807, 2.05) is 0 Å². The number of benzene rings is 1. The van der Waals surface area contributed by atoms with Crippen molar-refractivity contribution in [3.63, 3.8) is 0 Å². The summed E-state index contributed by atoms with van der Waals surface area (Å²) in [7, 11) is 0. The van der Waals surface area contributed by atoms with Crippen molar-refractivity contribution in [2.45, 2.75) is 12.3 Å². The van der Waals surface area contributed by atoms with Gasteiger partial charge < -0.3 is 4.74 Å². The van der Waals surface area contributed by atoms with Crippen molar-refractivity contribution in [1.82, 2.24) is 0 Å². The molecule has 0 heterocycles. The van der Waals surface area contributed by atoms with Crippen LogP contribution < -0.4 is 4.74 Å². The van der Waals surface area contributed by atoms with E-state index < -0.39 is 18.0 Å². The zero-order chi connectivity index (χ0) is 13.8. The lowest BCUT2D eigenvalue weighted by molar-refractivity contribution is -0.360. The third kappa shape index (κ3) is 3.54. The molecule has 1 rings (SSSR count). The minimum Gasteiger partial charge on any atom is -0.426 e. The second-order valence-corrected chi connectivity index (χ2v) is 3.18. The van der Waals surface area contributed by atoms with Crippen molar-refractivity contribution >= 4 is 12.4 Å². The van der Waals surface area contributed by atoms with E-state index in [-0.39, 0.29) is 0 Å². The SMILES string of the molecule is O=CC=Cc1ccc(OC(F)(F)C(F)(F)F)cc1. The summed E-state index contributed by atoms with van der Waals surface area (Å²) in [6.45, 7) is 0. The third-order valence-corrected chi connectivity index (χ3v) is 1.82. The van der Waals surface area contributed by atoms with Crippen LogP contribution in [0.4, 0.5) is 22.0 Å². The maximum absolute atomic E-state index is 12.5. The molecular weight excluding hydrogens is 259 g/mol. The van der Waals surface area contributed by atoms with Crippen LogP contribution in [0.3, 0.4) is 0 Å². The second-order valence-electron chi connectivity index (χ2n) is 3.18. The summed E-state index contributed by atoms with van der Waals surface area (Å²) in [5, 5.41) is 0. The molecular formula is C11H7F5O2. The van der Waals surface area contributed by atoms with E-state index in [0.29, 0.717) is 11.8 Å². The molecule has 0 atom stereocenters. The lowest BCUT2D eigenvalue weighted by Crippen LogP contribution is -2.41. The number of allylic oxidation sites excluding steroid dienone is 1. The van der Waals surface area contributed by atoms with Gasteiger partial charge in [-0.15, -0.1) is 0 Å². The van der Waals surface area contributed by atoms with Gasteiger partial charge in [-0.1, -0.05) is 18.2 Å². The van der Waals surface area contributed by atoms with Crippen LogP contribution in [0.2, 0.25) is 0 Å². The fraction of sp³-hybridized carbons (Fsp3) is 0.182. The Balaban J connectivity index is 2.81. The zero-order valence-electron chi connectivity index (χ0n) is 8.75. The van der Waals surface area contributed by atoms with Gasteiger partial charge in [-0.25, -0.2) is 0 Å². The maximum Gasteiger partial charge on any atom is 0.499 e. The van der Waals surface area contributed by atoms with Crippen LogP contribution >= 0.6 is 0 Å². The number of rotatable bonds is 4. The van der Waals surface area contributed by atoms with E-state index in [1.54, 1.807) is 0 Å². The molecule has 0 N–H and O–H groups in total. The highest BCUT2D eigenvalue weighted by Crippen LogP contribution is 2.37. The molecule has 0 aliphatic heterocycles. The van der Waals surface area contributed by atoms with Crippen LogP contribution in [0.15, 0.2) is 30.3 Å². The van der Waals surface area contributed by atoms with E-state index in [9.17, 15) is 26.7 Å². The smallest absolute Gasteiger partial charge is 0.426 e. The third-order valence-electron chi connectivity index (χ3n) is 1.82. The Hall–Kier alpha value is -1.92. The van der Waals surface area contributed by atoms with Crippen LogP contribution in [0.5, 0.6) is 5.75 Å². The minimum absolute atomic E-state index is 0.463. The molecule has 0 aliphatic carbocycles. The molecule has 18 heavy (non-hydrogen) atoms. The van der Waals surface area contributed by atoms with Crippen LogP contribution in [-0.2, 0) is 4.79 Å². The summed E-state index contributed by atoms with van der Waals surface area (Å²) >= 11 is 0. The molecule has 2 nitrogen and oxygen atoms in total. The van der Waals surface area contributed by atoms with Gasteiger partial charge in [-0.05, 0) is 23.8 Å². The summed E-state index contributed by atoms with van der Waals surface area (Å²) in [6.07, 6.45) is -8.00. The van der Waals surface area contributed by atoms with Gasteiger partial charge in [0.05, 0.1) is 0 Å². The van der Waals surface area contributed by atoms with E-state index in [1.165, 1.54) is 18.2 Å². The van der Waals surface area contributed by atoms with Gasteiger partial charge >= 0.3 is 12.3 Å². The number of alkyl halides is 5. The molecule has 0 aromatic heterocycles. The van der Waals surface area contributed by atoms with Gasteiger partial charge in [-0.2, -0.15) is 22.0 Å².